The van der Waals surface area contributed by atoms with E-state index in [4.69, 9.17) is 0 Å². The summed E-state index contributed by atoms with van der Waals surface area (Å²) in [6.45, 7) is 0. The van der Waals surface area contributed by atoms with Gasteiger partial charge in [-0.05, 0) is 35.9 Å². The van der Waals surface area contributed by atoms with Crippen LogP contribution in [0.15, 0.2) is 53.0 Å². The van der Waals surface area contributed by atoms with Gasteiger partial charge in [-0.3, -0.25) is 4.79 Å². The van der Waals surface area contributed by atoms with Crippen molar-refractivity contribution in [1.82, 2.24) is 0 Å². The highest BCUT2D eigenvalue weighted by Gasteiger charge is 2.30. The molecular weight excluding hydrogens is 347 g/mol. The van der Waals surface area contributed by atoms with Crippen LogP contribution in [0.4, 0.5) is 18.9 Å². The number of nitrogens with one attached hydrogen (secondary N) is 1. The average molecular weight is 358 g/mol. The Kier molecular flexibility index (Phi) is 4.67. The Morgan fingerprint density at radius 3 is 2.48 bits per heavy atom. The van der Waals surface area contributed by atoms with E-state index < -0.39 is 11.7 Å². The Bertz CT molecular complexity index is 655. The van der Waals surface area contributed by atoms with Gasteiger partial charge in [-0.15, -0.1) is 0 Å². The van der Waals surface area contributed by atoms with Gasteiger partial charge in [0.05, 0.1) is 12.0 Å². The van der Waals surface area contributed by atoms with Crippen LogP contribution in [0.2, 0.25) is 0 Å². The molecule has 0 fully saturated rings. The van der Waals surface area contributed by atoms with Crippen molar-refractivity contribution in [3.8, 4) is 0 Å². The van der Waals surface area contributed by atoms with Crippen LogP contribution >= 0.6 is 15.9 Å². The highest BCUT2D eigenvalue weighted by Crippen LogP contribution is 2.30. The second-order valence-electron chi connectivity index (χ2n) is 4.43. The van der Waals surface area contributed by atoms with Crippen molar-refractivity contribution in [2.45, 2.75) is 12.6 Å². The summed E-state index contributed by atoms with van der Waals surface area (Å²) in [5, 5.41) is 2.47. The number of alkyl halides is 3. The van der Waals surface area contributed by atoms with Gasteiger partial charge in [0.1, 0.15) is 0 Å². The highest BCUT2D eigenvalue weighted by molar-refractivity contribution is 9.10. The Labute approximate surface area is 128 Å². The van der Waals surface area contributed by atoms with Crippen LogP contribution in [0.3, 0.4) is 0 Å². The molecule has 0 heterocycles. The van der Waals surface area contributed by atoms with Crippen LogP contribution in [-0.4, -0.2) is 5.91 Å². The summed E-state index contributed by atoms with van der Waals surface area (Å²) < 4.78 is 38.6. The number of amides is 1. The number of carbonyl (C=O) groups excluding carboxylic acids is 1. The standard InChI is InChI=1S/C15H11BrF3NO/c16-12-5-1-3-10(7-12)8-14(21)20-13-6-2-4-11(9-13)15(17,18)19/h1-7,9H,8H2,(H,20,21). The predicted molar refractivity (Wildman–Crippen MR) is 77.9 cm³/mol. The number of hydrogen-bond donors (Lipinski definition) is 1. The predicted octanol–water partition coefficient (Wildman–Crippen LogP) is 4.65. The topological polar surface area (TPSA) is 29.1 Å². The lowest BCUT2D eigenvalue weighted by Gasteiger charge is -2.10. The Hall–Kier alpha value is -1.82. The van der Waals surface area contributed by atoms with Crippen molar-refractivity contribution < 1.29 is 18.0 Å². The lowest BCUT2D eigenvalue weighted by atomic mass is 10.1. The first-order valence-electron chi connectivity index (χ1n) is 6.06. The van der Waals surface area contributed by atoms with Crippen LogP contribution in [0.25, 0.3) is 0 Å². The number of carbonyl (C=O) groups is 1. The first-order valence-corrected chi connectivity index (χ1v) is 6.85. The molecule has 0 saturated carbocycles. The average Bonchev–Trinajstić information content (AvgIpc) is 2.37. The lowest BCUT2D eigenvalue weighted by molar-refractivity contribution is -0.137. The Balaban J connectivity index is 2.06. The van der Waals surface area contributed by atoms with E-state index in [1.165, 1.54) is 12.1 Å². The molecule has 6 heteroatoms. The molecule has 2 aromatic rings. The normalized spacial score (nSPS) is 11.2. The number of hydrogen-bond acceptors (Lipinski definition) is 1. The van der Waals surface area contributed by atoms with Crippen LogP contribution in [0.5, 0.6) is 0 Å². The van der Waals surface area contributed by atoms with E-state index in [2.05, 4.69) is 21.2 Å². The second kappa shape index (κ2) is 6.30. The number of anilines is 1. The fourth-order valence-corrected chi connectivity index (χ4v) is 2.26. The molecule has 0 radical (unpaired) electrons. The van der Waals surface area contributed by atoms with Gasteiger partial charge in [-0.2, -0.15) is 13.2 Å². The molecule has 0 aliphatic carbocycles. The van der Waals surface area contributed by atoms with Crippen LogP contribution in [-0.2, 0) is 17.4 Å². The minimum atomic E-state index is -4.43. The molecule has 21 heavy (non-hydrogen) atoms. The van der Waals surface area contributed by atoms with Crippen LogP contribution in [0, 0.1) is 0 Å². The van der Waals surface area contributed by atoms with Crippen molar-refractivity contribution in [3.63, 3.8) is 0 Å². The van der Waals surface area contributed by atoms with Gasteiger partial charge >= 0.3 is 6.18 Å². The monoisotopic (exact) mass is 357 g/mol. The molecule has 0 bridgehead atoms. The molecule has 1 N–H and O–H groups in total. The number of benzene rings is 2. The van der Waals surface area contributed by atoms with Crippen molar-refractivity contribution in [2.75, 3.05) is 5.32 Å². The van der Waals surface area contributed by atoms with Crippen molar-refractivity contribution in [3.05, 3.63) is 64.1 Å². The summed E-state index contributed by atoms with van der Waals surface area (Å²) in [6, 6.07) is 11.7. The molecule has 1 amide bonds. The molecule has 0 saturated heterocycles. The molecule has 2 rings (SSSR count). The van der Waals surface area contributed by atoms with Gasteiger partial charge in [0.2, 0.25) is 5.91 Å². The smallest absolute Gasteiger partial charge is 0.326 e. The summed E-state index contributed by atoms with van der Waals surface area (Å²) in [5.74, 6) is -0.368. The first kappa shape index (κ1) is 15.6. The first-order chi connectivity index (χ1) is 9.84. The molecule has 0 aliphatic rings. The third kappa shape index (κ3) is 4.60. The zero-order chi connectivity index (χ0) is 15.5. The van der Waals surface area contributed by atoms with Crippen LogP contribution in [0.1, 0.15) is 11.1 Å². The summed E-state index contributed by atoms with van der Waals surface area (Å²) in [5.41, 5.74) is 0.112. The summed E-state index contributed by atoms with van der Waals surface area (Å²) >= 11 is 3.29. The van der Waals surface area contributed by atoms with Crippen LogP contribution < -0.4 is 5.32 Å². The molecule has 0 aliphatic heterocycles. The Morgan fingerprint density at radius 1 is 1.10 bits per heavy atom. The second-order valence-corrected chi connectivity index (χ2v) is 5.35. The third-order valence-electron chi connectivity index (χ3n) is 2.73. The van der Waals surface area contributed by atoms with E-state index in [9.17, 15) is 18.0 Å². The molecular formula is C15H11BrF3NO. The SMILES string of the molecule is O=C(Cc1cccc(Br)c1)Nc1cccc(C(F)(F)F)c1. The summed E-state index contributed by atoms with van der Waals surface area (Å²) in [7, 11) is 0. The summed E-state index contributed by atoms with van der Waals surface area (Å²) in [6.07, 6.45) is -4.33. The number of rotatable bonds is 3. The largest absolute Gasteiger partial charge is 0.416 e. The highest BCUT2D eigenvalue weighted by atomic mass is 79.9. The zero-order valence-corrected chi connectivity index (χ0v) is 12.3. The molecule has 0 unspecified atom stereocenters. The Morgan fingerprint density at radius 2 is 1.81 bits per heavy atom. The van der Waals surface area contributed by atoms with Gasteiger partial charge in [-0.25, -0.2) is 0 Å². The van der Waals surface area contributed by atoms with Gasteiger partial charge < -0.3 is 5.32 Å². The molecule has 110 valence electrons. The maximum absolute atomic E-state index is 12.6. The van der Waals surface area contributed by atoms with E-state index >= 15 is 0 Å². The van der Waals surface area contributed by atoms with Gasteiger partial charge in [0, 0.05) is 10.2 Å². The van der Waals surface area contributed by atoms with Crippen molar-refractivity contribution in [1.29, 1.82) is 0 Å². The molecule has 2 aromatic carbocycles. The molecule has 0 spiro atoms. The zero-order valence-electron chi connectivity index (χ0n) is 10.7. The quantitative estimate of drug-likeness (QED) is 0.850. The maximum atomic E-state index is 12.6. The summed E-state index contributed by atoms with van der Waals surface area (Å²) in [4.78, 5) is 11.8. The van der Waals surface area contributed by atoms with Gasteiger partial charge in [0.15, 0.2) is 0 Å². The minimum absolute atomic E-state index is 0.0929. The molecule has 0 atom stereocenters. The third-order valence-corrected chi connectivity index (χ3v) is 3.22. The lowest BCUT2D eigenvalue weighted by Crippen LogP contribution is -2.15. The van der Waals surface area contributed by atoms with E-state index in [0.717, 1.165) is 22.2 Å². The number of halogens is 4. The maximum Gasteiger partial charge on any atom is 0.416 e. The van der Waals surface area contributed by atoms with Gasteiger partial charge in [-0.1, -0.05) is 34.1 Å². The van der Waals surface area contributed by atoms with Crippen molar-refractivity contribution in [2.24, 2.45) is 0 Å². The van der Waals surface area contributed by atoms with E-state index in [1.54, 1.807) is 18.2 Å². The van der Waals surface area contributed by atoms with E-state index in [-0.39, 0.29) is 18.0 Å². The van der Waals surface area contributed by atoms with E-state index in [0.29, 0.717) is 0 Å². The van der Waals surface area contributed by atoms with Gasteiger partial charge in [0.25, 0.3) is 0 Å². The fraction of sp³-hybridized carbons (Fsp3) is 0.133. The molecule has 2 nitrogen and oxygen atoms in total. The molecule has 0 aromatic heterocycles. The van der Waals surface area contributed by atoms with Crippen molar-refractivity contribution >= 4 is 27.5 Å². The fourth-order valence-electron chi connectivity index (χ4n) is 1.81. The van der Waals surface area contributed by atoms with E-state index in [1.807, 2.05) is 6.07 Å². The minimum Gasteiger partial charge on any atom is -0.326 e.